The number of benzene rings is 1. The summed E-state index contributed by atoms with van der Waals surface area (Å²) in [6.45, 7) is 6.35. The lowest BCUT2D eigenvalue weighted by Crippen LogP contribution is -2.36. The van der Waals surface area contributed by atoms with Crippen molar-refractivity contribution in [3.05, 3.63) is 35.4 Å². The first-order valence-electron chi connectivity index (χ1n) is 10.8. The number of carbonyl (C=O) groups excluding carboxylic acids is 5. The Balaban J connectivity index is 2.18. The average molecular weight is 481 g/mol. The van der Waals surface area contributed by atoms with E-state index in [4.69, 9.17) is 9.62 Å². The third-order valence-corrected chi connectivity index (χ3v) is 4.14. The predicted molar refractivity (Wildman–Crippen MR) is 119 cm³/mol. The molecule has 0 saturated heterocycles. The molecule has 0 saturated carbocycles. The highest BCUT2D eigenvalue weighted by atomic mass is 17.2. The molecule has 0 spiro atoms. The van der Waals surface area contributed by atoms with Crippen LogP contribution in [0.3, 0.4) is 0 Å². The second kappa shape index (κ2) is 14.1. The van der Waals surface area contributed by atoms with Gasteiger partial charge < -0.3 is 20.5 Å². The van der Waals surface area contributed by atoms with Gasteiger partial charge >= 0.3 is 11.9 Å². The second-order valence-corrected chi connectivity index (χ2v) is 8.20. The van der Waals surface area contributed by atoms with Gasteiger partial charge in [0.2, 0.25) is 11.8 Å². The summed E-state index contributed by atoms with van der Waals surface area (Å²) in [5.74, 6) is -3.07. The number of aliphatic hydroxyl groups is 1. The third-order valence-electron chi connectivity index (χ3n) is 4.14. The molecule has 188 valence electrons. The van der Waals surface area contributed by atoms with Crippen LogP contribution < -0.4 is 10.6 Å². The van der Waals surface area contributed by atoms with Gasteiger partial charge in [-0.3, -0.25) is 24.1 Å². The Bertz CT molecular complexity index is 858. The molecule has 0 unspecified atom stereocenters. The highest BCUT2D eigenvalue weighted by Gasteiger charge is 2.24. The summed E-state index contributed by atoms with van der Waals surface area (Å²) in [7, 11) is 0. The highest BCUT2D eigenvalue weighted by molar-refractivity contribution is 6.01. The van der Waals surface area contributed by atoms with Crippen LogP contribution in [0.5, 0.6) is 0 Å². The first-order valence-corrected chi connectivity index (χ1v) is 10.8. The SMILES string of the molecule is CC(C)OC(=O)CC(=O)NCCNC(=O)CC(=O)OOCCc1ccc(C(=O)C(C)(C)O)cc1. The number of amides is 2. The molecule has 1 aromatic carbocycles. The molecule has 1 aromatic rings. The van der Waals surface area contributed by atoms with Crippen molar-refractivity contribution >= 4 is 29.5 Å². The Kier molecular flexibility index (Phi) is 11.9. The van der Waals surface area contributed by atoms with Crippen LogP contribution in [0.25, 0.3) is 0 Å². The summed E-state index contributed by atoms with van der Waals surface area (Å²) in [4.78, 5) is 67.6. The van der Waals surface area contributed by atoms with E-state index in [0.717, 1.165) is 5.56 Å². The molecule has 0 heterocycles. The largest absolute Gasteiger partial charge is 0.463 e. The van der Waals surface area contributed by atoms with Crippen LogP contribution in [-0.2, 0) is 40.1 Å². The zero-order valence-electron chi connectivity index (χ0n) is 19.8. The maximum atomic E-state index is 12.0. The Morgan fingerprint density at radius 2 is 1.44 bits per heavy atom. The Morgan fingerprint density at radius 3 is 1.94 bits per heavy atom. The van der Waals surface area contributed by atoms with Gasteiger partial charge in [0, 0.05) is 18.7 Å². The van der Waals surface area contributed by atoms with E-state index in [0.29, 0.717) is 12.0 Å². The van der Waals surface area contributed by atoms with Crippen molar-refractivity contribution in [2.75, 3.05) is 19.7 Å². The minimum atomic E-state index is -1.46. The van der Waals surface area contributed by atoms with E-state index in [2.05, 4.69) is 15.5 Å². The number of rotatable bonds is 14. The molecule has 0 bridgehead atoms. The minimum absolute atomic E-state index is 0.0391. The average Bonchev–Trinajstić information content (AvgIpc) is 2.73. The van der Waals surface area contributed by atoms with Crippen LogP contribution in [0.1, 0.15) is 56.5 Å². The van der Waals surface area contributed by atoms with Crippen molar-refractivity contribution in [3.63, 3.8) is 0 Å². The Labute approximate surface area is 198 Å². The lowest BCUT2D eigenvalue weighted by Gasteiger charge is -2.15. The van der Waals surface area contributed by atoms with Crippen LogP contribution >= 0.6 is 0 Å². The molecule has 0 atom stereocenters. The first-order chi connectivity index (χ1) is 15.9. The minimum Gasteiger partial charge on any atom is -0.463 e. The molecule has 0 aliphatic rings. The van der Waals surface area contributed by atoms with Crippen molar-refractivity contribution in [2.24, 2.45) is 0 Å². The molecule has 1 rings (SSSR count). The summed E-state index contributed by atoms with van der Waals surface area (Å²) >= 11 is 0. The lowest BCUT2D eigenvalue weighted by molar-refractivity contribution is -0.271. The van der Waals surface area contributed by atoms with Gasteiger partial charge in [-0.15, -0.1) is 0 Å². The molecular weight excluding hydrogens is 448 g/mol. The number of hydrogen-bond acceptors (Lipinski definition) is 9. The smallest absolute Gasteiger partial charge is 0.351 e. The number of ketones is 1. The second-order valence-electron chi connectivity index (χ2n) is 8.20. The molecule has 11 heteroatoms. The van der Waals surface area contributed by atoms with E-state index >= 15 is 0 Å². The van der Waals surface area contributed by atoms with Gasteiger partial charge in [-0.25, -0.2) is 4.79 Å². The van der Waals surface area contributed by atoms with Crippen LogP contribution in [0.4, 0.5) is 0 Å². The maximum absolute atomic E-state index is 12.0. The number of ether oxygens (including phenoxy) is 1. The zero-order valence-corrected chi connectivity index (χ0v) is 19.8. The fourth-order valence-corrected chi connectivity index (χ4v) is 2.57. The molecule has 3 N–H and O–H groups in total. The Hall–Kier alpha value is -3.31. The van der Waals surface area contributed by atoms with Gasteiger partial charge in [0.15, 0.2) is 5.78 Å². The van der Waals surface area contributed by atoms with Gasteiger partial charge in [-0.2, -0.15) is 4.89 Å². The number of esters is 1. The molecule has 2 amide bonds. The highest BCUT2D eigenvalue weighted by Crippen LogP contribution is 2.14. The third kappa shape index (κ3) is 12.1. The van der Waals surface area contributed by atoms with Crippen molar-refractivity contribution in [2.45, 2.75) is 58.7 Å². The summed E-state index contributed by atoms with van der Waals surface area (Å²) in [5, 5.41) is 14.6. The van der Waals surface area contributed by atoms with Crippen LogP contribution in [0.2, 0.25) is 0 Å². The van der Waals surface area contributed by atoms with Gasteiger partial charge in [-0.05, 0) is 39.7 Å². The van der Waals surface area contributed by atoms with Gasteiger partial charge in [-0.1, -0.05) is 24.3 Å². The fourth-order valence-electron chi connectivity index (χ4n) is 2.57. The lowest BCUT2D eigenvalue weighted by atomic mass is 9.96. The van der Waals surface area contributed by atoms with Crippen LogP contribution in [0.15, 0.2) is 24.3 Å². The summed E-state index contributed by atoms with van der Waals surface area (Å²) in [6, 6.07) is 6.57. The molecule has 0 aliphatic carbocycles. The van der Waals surface area contributed by atoms with Gasteiger partial charge in [0.25, 0.3) is 0 Å². The molecule has 0 radical (unpaired) electrons. The van der Waals surface area contributed by atoms with Crippen LogP contribution in [-0.4, -0.2) is 66.0 Å². The molecule has 0 aromatic heterocycles. The van der Waals surface area contributed by atoms with Gasteiger partial charge in [0.1, 0.15) is 18.4 Å². The normalized spacial score (nSPS) is 11.0. The fraction of sp³-hybridized carbons (Fsp3) is 0.522. The van der Waals surface area contributed by atoms with E-state index in [1.165, 1.54) is 13.8 Å². The monoisotopic (exact) mass is 480 g/mol. The van der Waals surface area contributed by atoms with E-state index in [1.54, 1.807) is 38.1 Å². The molecule has 11 nitrogen and oxygen atoms in total. The molecule has 0 fully saturated rings. The first kappa shape index (κ1) is 28.7. The van der Waals surface area contributed by atoms with E-state index in [9.17, 15) is 29.1 Å². The topological polar surface area (TPSA) is 157 Å². The van der Waals surface area contributed by atoms with Crippen molar-refractivity contribution in [3.8, 4) is 0 Å². The summed E-state index contributed by atoms with van der Waals surface area (Å²) < 4.78 is 4.85. The van der Waals surface area contributed by atoms with Crippen LogP contribution in [0, 0.1) is 0 Å². The number of Topliss-reactive ketones (excluding diaryl/α,β-unsaturated/α-hetero) is 1. The number of carbonyl (C=O) groups is 5. The van der Waals surface area contributed by atoms with Crippen molar-refractivity contribution < 1.29 is 43.6 Å². The molecule has 34 heavy (non-hydrogen) atoms. The van der Waals surface area contributed by atoms with Crippen molar-refractivity contribution in [1.82, 2.24) is 10.6 Å². The van der Waals surface area contributed by atoms with E-state index < -0.39 is 48.0 Å². The maximum Gasteiger partial charge on any atom is 0.351 e. The summed E-state index contributed by atoms with van der Waals surface area (Å²) in [6.07, 6.45) is -0.908. The molecule has 0 aliphatic heterocycles. The standard InChI is InChI=1S/C23H32N2O9/c1-15(2)33-20(28)13-18(26)24-10-11-25-19(27)14-21(29)34-32-12-9-16-5-7-17(8-6-16)22(30)23(3,4)31/h5-8,15,31H,9-14H2,1-4H3,(H,24,26)(H,25,27). The van der Waals surface area contributed by atoms with E-state index in [-0.39, 0.29) is 25.8 Å². The molecular formula is C23H32N2O9. The zero-order chi connectivity index (χ0) is 25.7. The van der Waals surface area contributed by atoms with Gasteiger partial charge in [0.05, 0.1) is 12.7 Å². The van der Waals surface area contributed by atoms with E-state index in [1.807, 2.05) is 0 Å². The predicted octanol–water partition coefficient (Wildman–Crippen LogP) is 0.622. The summed E-state index contributed by atoms with van der Waals surface area (Å²) in [5.41, 5.74) is -0.259. The number of hydrogen-bond donors (Lipinski definition) is 3. The van der Waals surface area contributed by atoms with Crippen molar-refractivity contribution in [1.29, 1.82) is 0 Å². The number of nitrogens with one attached hydrogen (secondary N) is 2. The Morgan fingerprint density at radius 1 is 0.912 bits per heavy atom. The quantitative estimate of drug-likeness (QED) is 0.0867.